The molecule has 0 saturated carbocycles. The highest BCUT2D eigenvalue weighted by molar-refractivity contribution is 5.90. The quantitative estimate of drug-likeness (QED) is 0.545. The van der Waals surface area contributed by atoms with Gasteiger partial charge in [0.05, 0.1) is 12.6 Å². The molecule has 0 radical (unpaired) electrons. The molecule has 0 amide bonds. The normalized spacial score (nSPS) is 10.7. The van der Waals surface area contributed by atoms with Gasteiger partial charge in [-0.05, 0) is 29.8 Å². The van der Waals surface area contributed by atoms with Gasteiger partial charge in [0.1, 0.15) is 5.82 Å². The minimum atomic E-state index is 0.125. The fourth-order valence-electron chi connectivity index (χ4n) is 2.95. The average Bonchev–Trinajstić information content (AvgIpc) is 2.73. The number of phenolic OH excluding ortho intramolecular Hbond substituents is 1. The molecule has 3 aromatic carbocycles. The summed E-state index contributed by atoms with van der Waals surface area (Å²) in [4.78, 5) is 9.44. The van der Waals surface area contributed by atoms with Crippen molar-refractivity contribution in [2.75, 3.05) is 12.4 Å². The number of nitrogens with zero attached hydrogens (tertiary/aromatic N) is 2. The molecular formula is C22H19N3O2. The Labute approximate surface area is 157 Å². The first-order valence-corrected chi connectivity index (χ1v) is 8.66. The number of hydrogen-bond donors (Lipinski definition) is 2. The molecule has 1 aromatic heterocycles. The highest BCUT2D eigenvalue weighted by atomic mass is 16.5. The monoisotopic (exact) mass is 357 g/mol. The van der Waals surface area contributed by atoms with Crippen LogP contribution in [0.5, 0.6) is 11.5 Å². The molecule has 5 heteroatoms. The number of methoxy groups -OCH3 is 1. The molecule has 2 N–H and O–H groups in total. The number of para-hydroxylation sites is 1. The minimum Gasteiger partial charge on any atom is -0.504 e. The fourth-order valence-corrected chi connectivity index (χ4v) is 2.95. The number of hydrogen-bond acceptors (Lipinski definition) is 5. The zero-order chi connectivity index (χ0) is 18.6. The molecular weight excluding hydrogens is 338 g/mol. The van der Waals surface area contributed by atoms with E-state index in [1.165, 1.54) is 7.11 Å². The standard InChI is InChI=1S/C22H19N3O2/c1-27-20-13-15(11-12-19(20)26)14-23-22-17-9-5-6-10-18(17)24-21(25-22)16-7-3-2-4-8-16/h2-13,26H,14H2,1H3,(H,23,24,25). The van der Waals surface area contributed by atoms with Gasteiger partial charge < -0.3 is 15.2 Å². The number of ether oxygens (including phenoxy) is 1. The lowest BCUT2D eigenvalue weighted by molar-refractivity contribution is 0.373. The van der Waals surface area contributed by atoms with Crippen LogP contribution in [-0.4, -0.2) is 22.2 Å². The van der Waals surface area contributed by atoms with E-state index < -0.39 is 0 Å². The van der Waals surface area contributed by atoms with Crippen molar-refractivity contribution in [3.05, 3.63) is 78.4 Å². The molecule has 0 fully saturated rings. The molecule has 27 heavy (non-hydrogen) atoms. The predicted octanol–water partition coefficient (Wildman–Crippen LogP) is 4.62. The summed E-state index contributed by atoms with van der Waals surface area (Å²) in [7, 11) is 1.54. The number of benzene rings is 3. The number of nitrogens with one attached hydrogen (secondary N) is 1. The maximum Gasteiger partial charge on any atom is 0.162 e. The minimum absolute atomic E-state index is 0.125. The molecule has 0 atom stereocenters. The van der Waals surface area contributed by atoms with E-state index in [2.05, 4.69) is 5.32 Å². The summed E-state index contributed by atoms with van der Waals surface area (Å²) in [5.74, 6) is 2.03. The van der Waals surface area contributed by atoms with Crippen molar-refractivity contribution in [1.82, 2.24) is 9.97 Å². The third-order valence-corrected chi connectivity index (χ3v) is 4.34. The molecule has 0 saturated heterocycles. The van der Waals surface area contributed by atoms with E-state index in [9.17, 15) is 5.11 Å². The van der Waals surface area contributed by atoms with Gasteiger partial charge in [0.2, 0.25) is 0 Å². The van der Waals surface area contributed by atoms with Crippen LogP contribution < -0.4 is 10.1 Å². The Morgan fingerprint density at radius 2 is 1.70 bits per heavy atom. The fraction of sp³-hybridized carbons (Fsp3) is 0.0909. The van der Waals surface area contributed by atoms with Crippen LogP contribution in [0.1, 0.15) is 5.56 Å². The molecule has 1 heterocycles. The Morgan fingerprint density at radius 1 is 0.926 bits per heavy atom. The number of fused-ring (bicyclic) bond motifs is 1. The molecule has 5 nitrogen and oxygen atoms in total. The second-order valence-corrected chi connectivity index (χ2v) is 6.14. The number of phenols is 1. The third-order valence-electron chi connectivity index (χ3n) is 4.34. The summed E-state index contributed by atoms with van der Waals surface area (Å²) in [6.45, 7) is 0.547. The molecule has 0 bridgehead atoms. The SMILES string of the molecule is COc1cc(CNc2nc(-c3ccccc3)nc3ccccc23)ccc1O. The van der Waals surface area contributed by atoms with Crippen LogP contribution in [-0.2, 0) is 6.54 Å². The molecule has 0 spiro atoms. The van der Waals surface area contributed by atoms with Gasteiger partial charge in [-0.2, -0.15) is 0 Å². The van der Waals surface area contributed by atoms with E-state index in [0.29, 0.717) is 18.1 Å². The van der Waals surface area contributed by atoms with Crippen LogP contribution in [0.3, 0.4) is 0 Å². The molecule has 0 unspecified atom stereocenters. The van der Waals surface area contributed by atoms with Crippen molar-refractivity contribution in [2.24, 2.45) is 0 Å². The molecule has 134 valence electrons. The van der Waals surface area contributed by atoms with Gasteiger partial charge in [-0.15, -0.1) is 0 Å². The second-order valence-electron chi connectivity index (χ2n) is 6.14. The number of rotatable bonds is 5. The van der Waals surface area contributed by atoms with Crippen molar-refractivity contribution in [1.29, 1.82) is 0 Å². The summed E-state index contributed by atoms with van der Waals surface area (Å²) >= 11 is 0. The van der Waals surface area contributed by atoms with Crippen LogP contribution in [0.2, 0.25) is 0 Å². The van der Waals surface area contributed by atoms with Crippen LogP contribution in [0, 0.1) is 0 Å². The van der Waals surface area contributed by atoms with Gasteiger partial charge in [0.15, 0.2) is 17.3 Å². The maximum absolute atomic E-state index is 9.76. The van der Waals surface area contributed by atoms with E-state index in [0.717, 1.165) is 27.8 Å². The predicted molar refractivity (Wildman–Crippen MR) is 107 cm³/mol. The number of anilines is 1. The van der Waals surface area contributed by atoms with Gasteiger partial charge >= 0.3 is 0 Å². The first-order chi connectivity index (χ1) is 13.2. The molecule has 4 aromatic rings. The zero-order valence-corrected chi connectivity index (χ0v) is 14.9. The summed E-state index contributed by atoms with van der Waals surface area (Å²) in [6.07, 6.45) is 0. The Morgan fingerprint density at radius 3 is 2.52 bits per heavy atom. The van der Waals surface area contributed by atoms with Crippen LogP contribution in [0.4, 0.5) is 5.82 Å². The lowest BCUT2D eigenvalue weighted by atomic mass is 10.1. The molecule has 0 aliphatic heterocycles. The van der Waals surface area contributed by atoms with Crippen LogP contribution >= 0.6 is 0 Å². The largest absolute Gasteiger partial charge is 0.504 e. The van der Waals surface area contributed by atoms with Crippen molar-refractivity contribution in [2.45, 2.75) is 6.54 Å². The first-order valence-electron chi connectivity index (χ1n) is 8.66. The topological polar surface area (TPSA) is 67.3 Å². The summed E-state index contributed by atoms with van der Waals surface area (Å²) < 4.78 is 5.18. The zero-order valence-electron chi connectivity index (χ0n) is 14.9. The highest BCUT2D eigenvalue weighted by Crippen LogP contribution is 2.28. The Kier molecular flexibility index (Phi) is 4.58. The van der Waals surface area contributed by atoms with Crippen LogP contribution in [0.25, 0.3) is 22.3 Å². The third kappa shape index (κ3) is 3.53. The van der Waals surface area contributed by atoms with E-state index >= 15 is 0 Å². The molecule has 0 aliphatic rings. The molecule has 0 aliphatic carbocycles. The number of aromatic hydroxyl groups is 1. The lowest BCUT2D eigenvalue weighted by Crippen LogP contribution is -2.04. The van der Waals surface area contributed by atoms with Crippen molar-refractivity contribution in [3.63, 3.8) is 0 Å². The van der Waals surface area contributed by atoms with E-state index in [1.54, 1.807) is 6.07 Å². The maximum atomic E-state index is 9.76. The Balaban J connectivity index is 1.70. The van der Waals surface area contributed by atoms with Crippen LogP contribution in [0.15, 0.2) is 72.8 Å². The lowest BCUT2D eigenvalue weighted by Gasteiger charge is -2.12. The smallest absolute Gasteiger partial charge is 0.162 e. The van der Waals surface area contributed by atoms with E-state index in [-0.39, 0.29) is 5.75 Å². The van der Waals surface area contributed by atoms with Gasteiger partial charge in [0, 0.05) is 17.5 Å². The van der Waals surface area contributed by atoms with Gasteiger partial charge in [-0.25, -0.2) is 9.97 Å². The highest BCUT2D eigenvalue weighted by Gasteiger charge is 2.10. The van der Waals surface area contributed by atoms with Crippen molar-refractivity contribution >= 4 is 16.7 Å². The van der Waals surface area contributed by atoms with E-state index in [1.807, 2.05) is 66.7 Å². The summed E-state index contributed by atoms with van der Waals surface area (Å²) in [5, 5.41) is 14.1. The van der Waals surface area contributed by atoms with Gasteiger partial charge in [-0.3, -0.25) is 0 Å². The van der Waals surface area contributed by atoms with Gasteiger partial charge in [0.25, 0.3) is 0 Å². The summed E-state index contributed by atoms with van der Waals surface area (Å²) in [6, 6.07) is 23.1. The first kappa shape index (κ1) is 16.8. The Bertz CT molecular complexity index is 1080. The van der Waals surface area contributed by atoms with Crippen molar-refractivity contribution < 1.29 is 9.84 Å². The van der Waals surface area contributed by atoms with Gasteiger partial charge in [-0.1, -0.05) is 48.5 Å². The van der Waals surface area contributed by atoms with Crippen molar-refractivity contribution in [3.8, 4) is 22.9 Å². The number of aromatic nitrogens is 2. The average molecular weight is 357 g/mol. The second kappa shape index (κ2) is 7.33. The summed E-state index contributed by atoms with van der Waals surface area (Å²) in [5.41, 5.74) is 2.84. The molecule has 4 rings (SSSR count). The Hall–Kier alpha value is -3.60. The van der Waals surface area contributed by atoms with E-state index in [4.69, 9.17) is 14.7 Å².